The van der Waals surface area contributed by atoms with E-state index in [-0.39, 0.29) is 5.56 Å². The summed E-state index contributed by atoms with van der Waals surface area (Å²) >= 11 is 0. The van der Waals surface area contributed by atoms with Crippen molar-refractivity contribution in [3.8, 4) is 11.8 Å². The first-order valence-corrected chi connectivity index (χ1v) is 7.75. The maximum Gasteiger partial charge on any atom is 0.261 e. The summed E-state index contributed by atoms with van der Waals surface area (Å²) < 4.78 is 6.56. The zero-order valence-corrected chi connectivity index (χ0v) is 13.7. The van der Waals surface area contributed by atoms with Crippen LogP contribution in [0.15, 0.2) is 53.6 Å². The molecule has 0 saturated heterocycles. The van der Waals surface area contributed by atoms with Crippen LogP contribution in [-0.2, 0) is 11.2 Å². The number of nitrogens with zero attached hydrogens (tertiary/aromatic N) is 2. The number of ether oxygens (including phenoxy) is 1. The molecule has 0 amide bonds. The second kappa shape index (κ2) is 7.12. The highest BCUT2D eigenvalue weighted by atomic mass is 16.5. The maximum atomic E-state index is 12.4. The van der Waals surface area contributed by atoms with Gasteiger partial charge < -0.3 is 4.74 Å². The molecule has 0 aliphatic carbocycles. The van der Waals surface area contributed by atoms with E-state index in [2.05, 4.69) is 16.8 Å². The van der Waals surface area contributed by atoms with Gasteiger partial charge in [-0.15, -0.1) is 0 Å². The predicted molar refractivity (Wildman–Crippen MR) is 94.2 cm³/mol. The average molecular weight is 318 g/mol. The number of aromatic nitrogens is 2. The van der Waals surface area contributed by atoms with Crippen LogP contribution in [0.25, 0.3) is 5.65 Å². The van der Waals surface area contributed by atoms with Crippen molar-refractivity contribution in [3.05, 3.63) is 81.4 Å². The first-order chi connectivity index (χ1) is 11.7. The van der Waals surface area contributed by atoms with Crippen molar-refractivity contribution >= 4 is 5.65 Å². The zero-order chi connectivity index (χ0) is 16.9. The van der Waals surface area contributed by atoms with Gasteiger partial charge in [0.2, 0.25) is 0 Å². The van der Waals surface area contributed by atoms with Gasteiger partial charge in [0.05, 0.1) is 6.61 Å². The molecule has 2 heterocycles. The topological polar surface area (TPSA) is 43.6 Å². The summed E-state index contributed by atoms with van der Waals surface area (Å²) in [5, 5.41) is 0. The molecule has 4 nitrogen and oxygen atoms in total. The minimum Gasteiger partial charge on any atom is -0.384 e. The van der Waals surface area contributed by atoms with Crippen molar-refractivity contribution in [3.63, 3.8) is 0 Å². The molecule has 0 bridgehead atoms. The van der Waals surface area contributed by atoms with Gasteiger partial charge in [0.15, 0.2) is 0 Å². The summed E-state index contributed by atoms with van der Waals surface area (Å²) in [5.41, 5.74) is 4.17. The SMILES string of the molecule is COCCc1cnc2cc(C#Cc3ccc(C)cc3)ccn2c1=O. The van der Waals surface area contributed by atoms with Crippen LogP contribution in [0.1, 0.15) is 22.3 Å². The first-order valence-electron chi connectivity index (χ1n) is 7.75. The molecular weight excluding hydrogens is 300 g/mol. The lowest BCUT2D eigenvalue weighted by Crippen LogP contribution is -2.20. The lowest BCUT2D eigenvalue weighted by atomic mass is 10.1. The number of pyridine rings is 1. The second-order valence-corrected chi connectivity index (χ2v) is 5.59. The monoisotopic (exact) mass is 318 g/mol. The van der Waals surface area contributed by atoms with Crippen LogP contribution >= 0.6 is 0 Å². The Labute approximate surface area is 140 Å². The van der Waals surface area contributed by atoms with Gasteiger partial charge >= 0.3 is 0 Å². The van der Waals surface area contributed by atoms with Crippen LogP contribution in [0.2, 0.25) is 0 Å². The lowest BCUT2D eigenvalue weighted by molar-refractivity contribution is 0.202. The maximum absolute atomic E-state index is 12.4. The van der Waals surface area contributed by atoms with Crippen molar-refractivity contribution in [1.29, 1.82) is 0 Å². The number of benzene rings is 1. The summed E-state index contributed by atoms with van der Waals surface area (Å²) in [5.74, 6) is 6.24. The van der Waals surface area contributed by atoms with Gasteiger partial charge in [-0.05, 0) is 31.2 Å². The quantitative estimate of drug-likeness (QED) is 0.697. The smallest absolute Gasteiger partial charge is 0.261 e. The van der Waals surface area contributed by atoms with Crippen molar-refractivity contribution in [1.82, 2.24) is 9.38 Å². The Morgan fingerprint density at radius 1 is 1.12 bits per heavy atom. The summed E-state index contributed by atoms with van der Waals surface area (Å²) in [6, 6.07) is 11.7. The number of fused-ring (bicyclic) bond motifs is 1. The molecule has 0 spiro atoms. The fourth-order valence-electron chi connectivity index (χ4n) is 2.36. The van der Waals surface area contributed by atoms with Crippen LogP contribution < -0.4 is 5.56 Å². The Kier molecular flexibility index (Phi) is 4.74. The van der Waals surface area contributed by atoms with E-state index < -0.39 is 0 Å². The molecule has 0 fully saturated rings. The number of hydrogen-bond donors (Lipinski definition) is 0. The molecular formula is C20H18N2O2. The number of aryl methyl sites for hydroxylation is 1. The highest BCUT2D eigenvalue weighted by Gasteiger charge is 2.05. The molecule has 3 rings (SSSR count). The molecule has 0 atom stereocenters. The normalized spacial score (nSPS) is 10.4. The van der Waals surface area contributed by atoms with Gasteiger partial charge in [0, 0.05) is 42.6 Å². The van der Waals surface area contributed by atoms with Crippen LogP contribution in [0.5, 0.6) is 0 Å². The van der Waals surface area contributed by atoms with E-state index in [1.54, 1.807) is 23.9 Å². The van der Waals surface area contributed by atoms with Crippen molar-refractivity contribution in [2.45, 2.75) is 13.3 Å². The molecule has 0 unspecified atom stereocenters. The molecule has 120 valence electrons. The van der Waals surface area contributed by atoms with Crippen molar-refractivity contribution in [2.75, 3.05) is 13.7 Å². The summed E-state index contributed by atoms with van der Waals surface area (Å²) in [6.07, 6.45) is 3.90. The zero-order valence-electron chi connectivity index (χ0n) is 13.7. The van der Waals surface area contributed by atoms with E-state index in [1.807, 2.05) is 43.3 Å². The number of methoxy groups -OCH3 is 1. The minimum atomic E-state index is -0.0601. The van der Waals surface area contributed by atoms with Crippen molar-refractivity contribution in [2.24, 2.45) is 0 Å². The highest BCUT2D eigenvalue weighted by Crippen LogP contribution is 2.05. The van der Waals surface area contributed by atoms with Gasteiger partial charge in [-0.2, -0.15) is 0 Å². The average Bonchev–Trinajstić information content (AvgIpc) is 2.61. The van der Waals surface area contributed by atoms with Gasteiger partial charge in [-0.3, -0.25) is 9.20 Å². The van der Waals surface area contributed by atoms with E-state index in [1.165, 1.54) is 5.56 Å². The lowest BCUT2D eigenvalue weighted by Gasteiger charge is -2.04. The molecule has 0 radical (unpaired) electrons. The van der Waals surface area contributed by atoms with E-state index in [0.29, 0.717) is 24.2 Å². The molecule has 1 aromatic carbocycles. The number of rotatable bonds is 3. The minimum absolute atomic E-state index is 0.0601. The van der Waals surface area contributed by atoms with Gasteiger partial charge in [-0.1, -0.05) is 29.5 Å². The van der Waals surface area contributed by atoms with Crippen LogP contribution in [0.4, 0.5) is 0 Å². The van der Waals surface area contributed by atoms with Gasteiger partial charge in [0.1, 0.15) is 5.65 Å². The van der Waals surface area contributed by atoms with Gasteiger partial charge in [-0.25, -0.2) is 4.98 Å². The molecule has 0 aliphatic rings. The molecule has 0 aliphatic heterocycles. The highest BCUT2D eigenvalue weighted by molar-refractivity contribution is 5.50. The molecule has 0 saturated carbocycles. The first kappa shape index (κ1) is 16.0. The van der Waals surface area contributed by atoms with E-state index in [0.717, 1.165) is 11.1 Å². The van der Waals surface area contributed by atoms with E-state index in [9.17, 15) is 4.79 Å². The van der Waals surface area contributed by atoms with E-state index >= 15 is 0 Å². The third-order valence-corrected chi connectivity index (χ3v) is 3.76. The summed E-state index contributed by atoms with van der Waals surface area (Å²) in [4.78, 5) is 16.8. The largest absolute Gasteiger partial charge is 0.384 e. The third-order valence-electron chi connectivity index (χ3n) is 3.76. The molecule has 0 N–H and O–H groups in total. The molecule has 4 heteroatoms. The molecule has 24 heavy (non-hydrogen) atoms. The van der Waals surface area contributed by atoms with Crippen LogP contribution in [0.3, 0.4) is 0 Å². The third kappa shape index (κ3) is 3.53. The van der Waals surface area contributed by atoms with Crippen molar-refractivity contribution < 1.29 is 4.74 Å². The fraction of sp³-hybridized carbons (Fsp3) is 0.200. The Bertz CT molecular complexity index is 976. The summed E-state index contributed by atoms with van der Waals surface area (Å²) in [6.45, 7) is 2.55. The second-order valence-electron chi connectivity index (χ2n) is 5.59. The Morgan fingerprint density at radius 3 is 2.62 bits per heavy atom. The standard InChI is InChI=1S/C20H18N2O2/c1-15-3-5-16(6-4-15)7-8-17-9-11-22-19(13-17)21-14-18(20(22)23)10-12-24-2/h3-6,9,11,13-14H,10,12H2,1-2H3. The van der Waals surface area contributed by atoms with Crippen LogP contribution in [0, 0.1) is 18.8 Å². The van der Waals surface area contributed by atoms with Gasteiger partial charge in [0.25, 0.3) is 5.56 Å². The molecule has 3 aromatic rings. The fourth-order valence-corrected chi connectivity index (χ4v) is 2.36. The molecule has 2 aromatic heterocycles. The van der Waals surface area contributed by atoms with E-state index in [4.69, 9.17) is 4.74 Å². The number of hydrogen-bond acceptors (Lipinski definition) is 3. The summed E-state index contributed by atoms with van der Waals surface area (Å²) in [7, 11) is 1.62. The Morgan fingerprint density at radius 2 is 1.88 bits per heavy atom. The van der Waals surface area contributed by atoms with Crippen LogP contribution in [-0.4, -0.2) is 23.1 Å². The Balaban J connectivity index is 1.92. The predicted octanol–water partition coefficient (Wildman–Crippen LogP) is 2.59. The Hall–Kier alpha value is -2.90.